The van der Waals surface area contributed by atoms with Crippen LogP contribution in [0.5, 0.6) is 0 Å². The van der Waals surface area contributed by atoms with Crippen molar-refractivity contribution in [1.29, 1.82) is 0 Å². The Labute approximate surface area is 170 Å². The quantitative estimate of drug-likeness (QED) is 0.716. The van der Waals surface area contributed by atoms with E-state index in [-0.39, 0.29) is 17.7 Å². The van der Waals surface area contributed by atoms with Crippen LogP contribution in [0.3, 0.4) is 0 Å². The minimum absolute atomic E-state index is 0.0210. The molecular formula is C23H28N4O2. The Balaban J connectivity index is 1.66. The smallest absolute Gasteiger partial charge is 0.250 e. The first-order valence-corrected chi connectivity index (χ1v) is 10.7. The molecule has 0 spiro atoms. The summed E-state index contributed by atoms with van der Waals surface area (Å²) in [5.74, 6) is 0.902. The van der Waals surface area contributed by atoms with Gasteiger partial charge in [0.25, 0.3) is 5.56 Å². The van der Waals surface area contributed by atoms with Gasteiger partial charge in [-0.1, -0.05) is 6.07 Å². The predicted octanol–water partition coefficient (Wildman–Crippen LogP) is 3.47. The first-order chi connectivity index (χ1) is 14.1. The highest BCUT2D eigenvalue weighted by Gasteiger charge is 2.28. The minimum atomic E-state index is -0.265. The van der Waals surface area contributed by atoms with E-state index >= 15 is 0 Å². The number of aryl methyl sites for hydroxylation is 1. The predicted molar refractivity (Wildman–Crippen MR) is 114 cm³/mol. The summed E-state index contributed by atoms with van der Waals surface area (Å²) in [4.78, 5) is 17.4. The van der Waals surface area contributed by atoms with Gasteiger partial charge in [-0.2, -0.15) is 0 Å². The number of rotatable bonds is 3. The van der Waals surface area contributed by atoms with Gasteiger partial charge in [-0.05, 0) is 63.6 Å². The van der Waals surface area contributed by atoms with Crippen LogP contribution in [0.4, 0.5) is 5.69 Å². The lowest BCUT2D eigenvalue weighted by Crippen LogP contribution is -2.26. The van der Waals surface area contributed by atoms with E-state index in [0.29, 0.717) is 12.6 Å². The molecule has 0 bridgehead atoms. The molecule has 0 radical (unpaired) electrons. The molecule has 29 heavy (non-hydrogen) atoms. The molecule has 3 aromatic rings. The number of imidazole rings is 1. The normalized spacial score (nSPS) is 24.3. The van der Waals surface area contributed by atoms with E-state index in [1.165, 1.54) is 11.3 Å². The summed E-state index contributed by atoms with van der Waals surface area (Å²) in [6.07, 6.45) is 7.32. The Bertz CT molecular complexity index is 1100. The SMILES string of the molecule is C[C@H]1CCc2c(ccc3c2nc(Cn2ccccc2=O)n3[C@@H]2CCC[C@@H](O)C2)N1. The topological polar surface area (TPSA) is 72.1 Å². The fraction of sp³-hybridized carbons (Fsp3) is 0.478. The Kier molecular flexibility index (Phi) is 4.66. The maximum atomic E-state index is 12.3. The molecule has 0 amide bonds. The lowest BCUT2D eigenvalue weighted by atomic mass is 9.92. The molecule has 1 fully saturated rings. The van der Waals surface area contributed by atoms with Crippen molar-refractivity contribution in [2.45, 2.75) is 70.2 Å². The van der Waals surface area contributed by atoms with Gasteiger partial charge in [0, 0.05) is 35.6 Å². The minimum Gasteiger partial charge on any atom is -0.393 e. The third kappa shape index (κ3) is 3.35. The van der Waals surface area contributed by atoms with Gasteiger partial charge >= 0.3 is 0 Å². The monoisotopic (exact) mass is 392 g/mol. The number of hydrogen-bond donors (Lipinski definition) is 2. The second kappa shape index (κ2) is 7.34. The summed E-state index contributed by atoms with van der Waals surface area (Å²) < 4.78 is 4.01. The summed E-state index contributed by atoms with van der Waals surface area (Å²) in [7, 11) is 0. The van der Waals surface area contributed by atoms with Crippen molar-refractivity contribution in [1.82, 2.24) is 14.1 Å². The summed E-state index contributed by atoms with van der Waals surface area (Å²) in [6.45, 7) is 2.65. The first kappa shape index (κ1) is 18.4. The zero-order valence-corrected chi connectivity index (χ0v) is 16.8. The van der Waals surface area contributed by atoms with Crippen LogP contribution in [0.1, 0.15) is 56.5 Å². The summed E-state index contributed by atoms with van der Waals surface area (Å²) >= 11 is 0. The molecular weight excluding hydrogens is 364 g/mol. The van der Waals surface area contributed by atoms with Crippen LogP contribution in [0.25, 0.3) is 11.0 Å². The average Bonchev–Trinajstić information content (AvgIpc) is 3.08. The van der Waals surface area contributed by atoms with Gasteiger partial charge in [0.2, 0.25) is 0 Å². The van der Waals surface area contributed by atoms with Crippen molar-refractivity contribution in [3.8, 4) is 0 Å². The van der Waals surface area contributed by atoms with Crippen LogP contribution in [-0.2, 0) is 13.0 Å². The molecule has 1 aliphatic carbocycles. The van der Waals surface area contributed by atoms with Gasteiger partial charge in [0.1, 0.15) is 5.82 Å². The molecule has 2 N–H and O–H groups in total. The second-order valence-corrected chi connectivity index (χ2v) is 8.58. The highest BCUT2D eigenvalue weighted by Crippen LogP contribution is 2.37. The van der Waals surface area contributed by atoms with E-state index in [2.05, 4.69) is 28.9 Å². The van der Waals surface area contributed by atoms with Gasteiger partial charge in [0.05, 0.1) is 23.7 Å². The van der Waals surface area contributed by atoms with Crippen molar-refractivity contribution in [3.05, 3.63) is 58.3 Å². The van der Waals surface area contributed by atoms with Crippen molar-refractivity contribution >= 4 is 16.7 Å². The lowest BCUT2D eigenvalue weighted by Gasteiger charge is -2.29. The fourth-order valence-electron chi connectivity index (χ4n) is 4.99. The van der Waals surface area contributed by atoms with E-state index < -0.39 is 0 Å². The lowest BCUT2D eigenvalue weighted by molar-refractivity contribution is 0.104. The molecule has 3 atom stereocenters. The summed E-state index contributed by atoms with van der Waals surface area (Å²) in [6, 6.07) is 10.2. The summed E-state index contributed by atoms with van der Waals surface area (Å²) in [5, 5.41) is 13.9. The molecule has 1 saturated carbocycles. The molecule has 0 unspecified atom stereocenters. The van der Waals surface area contributed by atoms with E-state index in [0.717, 1.165) is 55.4 Å². The molecule has 2 aromatic heterocycles. The molecule has 5 rings (SSSR count). The van der Waals surface area contributed by atoms with Crippen LogP contribution in [0, 0.1) is 0 Å². The largest absolute Gasteiger partial charge is 0.393 e. The fourth-order valence-corrected chi connectivity index (χ4v) is 4.99. The number of fused-ring (bicyclic) bond motifs is 3. The second-order valence-electron chi connectivity index (χ2n) is 8.58. The maximum absolute atomic E-state index is 12.3. The van der Waals surface area contributed by atoms with Gasteiger partial charge in [-0.25, -0.2) is 4.98 Å². The van der Waals surface area contributed by atoms with Crippen LogP contribution >= 0.6 is 0 Å². The Morgan fingerprint density at radius 3 is 2.93 bits per heavy atom. The van der Waals surface area contributed by atoms with E-state index in [9.17, 15) is 9.90 Å². The van der Waals surface area contributed by atoms with Crippen LogP contribution < -0.4 is 10.9 Å². The highest BCUT2D eigenvalue weighted by atomic mass is 16.3. The van der Waals surface area contributed by atoms with E-state index in [1.54, 1.807) is 16.7 Å². The zero-order valence-electron chi connectivity index (χ0n) is 16.8. The molecule has 1 aliphatic heterocycles. The van der Waals surface area contributed by atoms with Crippen LogP contribution in [-0.4, -0.2) is 31.4 Å². The number of aliphatic hydroxyl groups excluding tert-OH is 1. The van der Waals surface area contributed by atoms with Gasteiger partial charge in [-0.15, -0.1) is 0 Å². The Morgan fingerprint density at radius 1 is 1.21 bits per heavy atom. The number of nitrogens with one attached hydrogen (secondary N) is 1. The van der Waals surface area contributed by atoms with Gasteiger partial charge < -0.3 is 19.6 Å². The molecule has 0 saturated heterocycles. The van der Waals surface area contributed by atoms with Crippen molar-refractivity contribution < 1.29 is 5.11 Å². The van der Waals surface area contributed by atoms with Gasteiger partial charge in [0.15, 0.2) is 0 Å². The number of pyridine rings is 1. The molecule has 1 aromatic carbocycles. The first-order valence-electron chi connectivity index (χ1n) is 10.7. The zero-order chi connectivity index (χ0) is 20.0. The Hall–Kier alpha value is -2.60. The molecule has 2 aliphatic rings. The van der Waals surface area contributed by atoms with Crippen molar-refractivity contribution in [3.63, 3.8) is 0 Å². The van der Waals surface area contributed by atoms with Crippen LogP contribution in [0.15, 0.2) is 41.3 Å². The number of anilines is 1. The standard InChI is InChI=1S/C23H28N4O2/c1-15-8-9-18-19(24-15)10-11-20-23(18)25-21(14-26-12-3-2-7-22(26)29)27(20)16-5-4-6-17(28)13-16/h2-3,7,10-12,15-17,24,28H,4-6,8-9,13-14H2,1H3/t15-,16+,17+/m0/s1. The molecule has 6 nitrogen and oxygen atoms in total. The van der Waals surface area contributed by atoms with E-state index in [4.69, 9.17) is 4.98 Å². The number of nitrogens with zero attached hydrogens (tertiary/aromatic N) is 3. The number of hydrogen-bond acceptors (Lipinski definition) is 4. The van der Waals surface area contributed by atoms with Gasteiger partial charge in [-0.3, -0.25) is 4.79 Å². The third-order valence-electron chi connectivity index (χ3n) is 6.46. The number of aromatic nitrogens is 3. The summed E-state index contributed by atoms with van der Waals surface area (Å²) in [5.41, 5.74) is 4.59. The number of benzene rings is 1. The molecule has 3 heterocycles. The van der Waals surface area contributed by atoms with Crippen molar-refractivity contribution in [2.24, 2.45) is 0 Å². The van der Waals surface area contributed by atoms with Crippen molar-refractivity contribution in [2.75, 3.05) is 5.32 Å². The third-order valence-corrected chi connectivity index (χ3v) is 6.46. The van der Waals surface area contributed by atoms with E-state index in [1.807, 2.05) is 12.3 Å². The maximum Gasteiger partial charge on any atom is 0.250 e. The highest BCUT2D eigenvalue weighted by molar-refractivity contribution is 5.86. The number of aliphatic hydroxyl groups is 1. The molecule has 152 valence electrons. The molecule has 6 heteroatoms. The average molecular weight is 393 g/mol. The Morgan fingerprint density at radius 2 is 2.10 bits per heavy atom. The van der Waals surface area contributed by atoms with Crippen LogP contribution in [0.2, 0.25) is 0 Å².